The number of hydrogen-bond donors (Lipinski definition) is 0. The van der Waals surface area contributed by atoms with E-state index in [0.717, 1.165) is 71.9 Å². The van der Waals surface area contributed by atoms with Crippen molar-refractivity contribution in [1.82, 2.24) is 0 Å². The summed E-state index contributed by atoms with van der Waals surface area (Å²) in [7, 11) is -10.6. The van der Waals surface area contributed by atoms with Crippen molar-refractivity contribution in [3.8, 4) is 0 Å². The molecular weight excluding hydrogens is 811 g/mol. The van der Waals surface area contributed by atoms with Crippen LogP contribution in [0, 0.1) is 0 Å². The van der Waals surface area contributed by atoms with Gasteiger partial charge >= 0.3 is 30.4 Å². The molecule has 0 aliphatic heterocycles. The highest BCUT2D eigenvalue weighted by Gasteiger charge is 2.23. The van der Waals surface area contributed by atoms with Gasteiger partial charge < -0.3 is 0 Å². The molecule has 318 valence electrons. The normalized spacial score (nSPS) is 15.6. The lowest BCUT2D eigenvalue weighted by Gasteiger charge is -2.05. The van der Waals surface area contributed by atoms with Crippen molar-refractivity contribution in [2.45, 2.75) is 80.1 Å². The maximum Gasteiger partial charge on any atom is 0.325 e. The van der Waals surface area contributed by atoms with E-state index < -0.39 is 30.4 Å². The van der Waals surface area contributed by atoms with Gasteiger partial charge in [-0.3, -0.25) is 12.9 Å². The molecule has 5 aromatic carbocycles. The molecule has 15 heteroatoms. The Hall–Kier alpha value is -5.12. The first-order chi connectivity index (χ1) is 28.2. The standard InChI is InChI=1S/2C14H13NO3S.C10H11NO3S.3C2H6/c1-19(16,17)18-15-13-9-8-11-7-6-10-4-2-3-5-12(10)14(11)13;1-19(16,17)18-15-14-9-8-12-11-5-3-2-4-10(11)6-7-13(12)14;1-15(12,13)14-11-10-7-6-8-4-2-3-5-9(8)10;3*1-2/h2*2-7H,8-9H2,1H3;2-5H,6-7H2,1H3;3*1-2H3/b15-13+;15-14+;11-10+;;;. The van der Waals surface area contributed by atoms with Gasteiger partial charge in [0.25, 0.3) is 0 Å². The predicted molar refractivity (Wildman–Crippen MR) is 241 cm³/mol. The van der Waals surface area contributed by atoms with Crippen molar-refractivity contribution in [3.05, 3.63) is 130 Å². The van der Waals surface area contributed by atoms with E-state index in [-0.39, 0.29) is 0 Å². The van der Waals surface area contributed by atoms with Crippen LogP contribution in [0.4, 0.5) is 0 Å². The molecule has 0 saturated carbocycles. The van der Waals surface area contributed by atoms with Gasteiger partial charge in [-0.25, -0.2) is 0 Å². The molecular formula is C44H55N3O9S3. The van der Waals surface area contributed by atoms with E-state index in [1.807, 2.05) is 114 Å². The first-order valence-corrected chi connectivity index (χ1v) is 25.1. The summed E-state index contributed by atoms with van der Waals surface area (Å²) in [5.41, 5.74) is 8.70. The second-order valence-corrected chi connectivity index (χ2v) is 17.4. The van der Waals surface area contributed by atoms with Crippen molar-refractivity contribution in [2.75, 3.05) is 18.8 Å². The molecule has 0 saturated heterocycles. The van der Waals surface area contributed by atoms with Gasteiger partial charge in [-0.05, 0) is 76.8 Å². The fourth-order valence-electron chi connectivity index (χ4n) is 6.52. The largest absolute Gasteiger partial charge is 0.325 e. The van der Waals surface area contributed by atoms with E-state index in [9.17, 15) is 25.3 Å². The van der Waals surface area contributed by atoms with Crippen LogP contribution in [0.25, 0.3) is 21.5 Å². The molecule has 0 atom stereocenters. The maximum atomic E-state index is 11.0. The summed E-state index contributed by atoms with van der Waals surface area (Å²) in [6, 6.07) is 32.1. The third-order valence-corrected chi connectivity index (χ3v) is 9.74. The van der Waals surface area contributed by atoms with E-state index in [2.05, 4.69) is 52.6 Å². The summed E-state index contributed by atoms with van der Waals surface area (Å²) in [4.78, 5) is 0. The topological polar surface area (TPSA) is 167 Å². The highest BCUT2D eigenvalue weighted by atomic mass is 32.2. The molecule has 0 fully saturated rings. The number of nitrogens with zero attached hydrogens (tertiary/aromatic N) is 3. The lowest BCUT2D eigenvalue weighted by molar-refractivity contribution is 0.341. The van der Waals surface area contributed by atoms with Crippen LogP contribution in [0.15, 0.2) is 113 Å². The van der Waals surface area contributed by atoms with Crippen molar-refractivity contribution >= 4 is 69.0 Å². The first-order valence-electron chi connectivity index (χ1n) is 19.6. The number of fused-ring (bicyclic) bond motifs is 7. The molecule has 5 aromatic rings. The van der Waals surface area contributed by atoms with Crippen LogP contribution in [0.3, 0.4) is 0 Å². The Morgan fingerprint density at radius 2 is 0.831 bits per heavy atom. The minimum Gasteiger partial charge on any atom is -0.268 e. The zero-order valence-corrected chi connectivity index (χ0v) is 37.7. The Balaban J connectivity index is 0.000000224. The van der Waals surface area contributed by atoms with Crippen LogP contribution in [0.5, 0.6) is 0 Å². The molecule has 0 spiro atoms. The Bertz CT molecular complexity index is 2640. The van der Waals surface area contributed by atoms with Gasteiger partial charge in [0.1, 0.15) is 0 Å². The summed E-state index contributed by atoms with van der Waals surface area (Å²) in [6.45, 7) is 12.0. The second-order valence-electron chi connectivity index (χ2n) is 12.7. The van der Waals surface area contributed by atoms with Gasteiger partial charge in [0.15, 0.2) is 0 Å². The molecule has 0 heterocycles. The number of hydrogen-bond acceptors (Lipinski definition) is 12. The molecule has 8 rings (SSSR count). The summed E-state index contributed by atoms with van der Waals surface area (Å²) in [6.07, 6.45) is 7.74. The van der Waals surface area contributed by atoms with E-state index in [0.29, 0.717) is 30.0 Å². The molecule has 0 amide bonds. The number of rotatable bonds is 6. The number of benzene rings is 5. The summed E-state index contributed by atoms with van der Waals surface area (Å²) < 4.78 is 79.1. The third kappa shape index (κ3) is 14.0. The summed E-state index contributed by atoms with van der Waals surface area (Å²) >= 11 is 0. The average Bonchev–Trinajstić information content (AvgIpc) is 3.98. The molecule has 0 aromatic heterocycles. The van der Waals surface area contributed by atoms with E-state index in [1.54, 1.807) is 0 Å². The van der Waals surface area contributed by atoms with Gasteiger partial charge in [-0.2, -0.15) is 25.3 Å². The van der Waals surface area contributed by atoms with E-state index in [4.69, 9.17) is 0 Å². The van der Waals surface area contributed by atoms with Crippen LogP contribution in [0.1, 0.15) is 94.2 Å². The number of aryl methyl sites for hydroxylation is 3. The SMILES string of the molecule is CC.CC.CC.CS(=O)(=O)O/N=C1\CCc2c1ccc1ccccc21.CS(=O)(=O)O/N=C1\CCc2ccc3ccccc3c21.CS(=O)(=O)O/N=C1\CCc2ccccc21. The molecule has 3 aliphatic rings. The predicted octanol–water partition coefficient (Wildman–Crippen LogP) is 9.32. The van der Waals surface area contributed by atoms with Gasteiger partial charge in [-0.1, -0.05) is 154 Å². The van der Waals surface area contributed by atoms with Gasteiger partial charge in [-0.15, -0.1) is 0 Å². The molecule has 0 radical (unpaired) electrons. The van der Waals surface area contributed by atoms with E-state index >= 15 is 0 Å². The summed E-state index contributed by atoms with van der Waals surface area (Å²) in [5.74, 6) is 0. The Morgan fingerprint density at radius 1 is 0.407 bits per heavy atom. The molecule has 3 aliphatic carbocycles. The average molecular weight is 866 g/mol. The van der Waals surface area contributed by atoms with Gasteiger partial charge in [0.2, 0.25) is 0 Å². The van der Waals surface area contributed by atoms with Crippen LogP contribution in [-0.2, 0) is 62.5 Å². The minimum atomic E-state index is -3.55. The smallest absolute Gasteiger partial charge is 0.268 e. The zero-order chi connectivity index (χ0) is 43.8. The zero-order valence-electron chi connectivity index (χ0n) is 35.2. The van der Waals surface area contributed by atoms with Crippen LogP contribution >= 0.6 is 0 Å². The fourth-order valence-corrected chi connectivity index (χ4v) is 7.20. The quantitative estimate of drug-likeness (QED) is 0.151. The van der Waals surface area contributed by atoms with E-state index in [1.165, 1.54) is 27.5 Å². The Morgan fingerprint density at radius 3 is 1.42 bits per heavy atom. The van der Waals surface area contributed by atoms with Crippen LogP contribution in [-0.4, -0.2) is 61.2 Å². The molecule has 0 bridgehead atoms. The molecule has 0 unspecified atom stereocenters. The maximum absolute atomic E-state index is 11.0. The summed E-state index contributed by atoms with van der Waals surface area (Å²) in [5, 5.41) is 15.8. The van der Waals surface area contributed by atoms with Crippen molar-refractivity contribution in [2.24, 2.45) is 15.5 Å². The fraction of sp³-hybridized carbons (Fsp3) is 0.341. The van der Waals surface area contributed by atoms with Crippen LogP contribution < -0.4 is 0 Å². The first kappa shape index (κ1) is 48.3. The molecule has 59 heavy (non-hydrogen) atoms. The second kappa shape index (κ2) is 22.3. The highest BCUT2D eigenvalue weighted by Crippen LogP contribution is 2.32. The van der Waals surface area contributed by atoms with Crippen molar-refractivity contribution in [3.63, 3.8) is 0 Å². The molecule has 0 N–H and O–H groups in total. The third-order valence-electron chi connectivity index (χ3n) is 8.71. The minimum absolute atomic E-state index is 0.700. The number of oxime groups is 3. The van der Waals surface area contributed by atoms with Gasteiger partial charge in [0.05, 0.1) is 35.9 Å². The Kier molecular flexibility index (Phi) is 18.2. The highest BCUT2D eigenvalue weighted by molar-refractivity contribution is 7.86. The Labute approximate surface area is 350 Å². The van der Waals surface area contributed by atoms with Crippen LogP contribution in [0.2, 0.25) is 0 Å². The van der Waals surface area contributed by atoms with Crippen molar-refractivity contribution in [1.29, 1.82) is 0 Å². The lowest BCUT2D eigenvalue weighted by atomic mass is 10.0. The van der Waals surface area contributed by atoms with Crippen molar-refractivity contribution < 1.29 is 38.1 Å². The lowest BCUT2D eigenvalue weighted by Crippen LogP contribution is -2.02. The van der Waals surface area contributed by atoms with Gasteiger partial charge in [0, 0.05) is 16.7 Å². The molecule has 12 nitrogen and oxygen atoms in total. The monoisotopic (exact) mass is 865 g/mol.